The molecule has 0 radical (unpaired) electrons. The van der Waals surface area contributed by atoms with E-state index in [0.717, 1.165) is 27.0 Å². The number of hydrogen-bond donors (Lipinski definition) is 0. The lowest BCUT2D eigenvalue weighted by Gasteiger charge is -3.26. The van der Waals surface area contributed by atoms with Gasteiger partial charge in [-0.1, -0.05) is 0 Å². The molecule has 10 aliphatic rings. The lowest BCUT2D eigenvalue weighted by atomic mass is 8.76. The molecule has 94 valence electrons. The highest BCUT2D eigenvalue weighted by Gasteiger charge is 3.23. The molecule has 0 heterocycles. The van der Waals surface area contributed by atoms with Gasteiger partial charge in [-0.2, -0.15) is 0 Å². The molecule has 0 aliphatic heterocycles. The Morgan fingerprint density at radius 2 is 1.53 bits per heavy atom. The van der Waals surface area contributed by atoms with E-state index < -0.39 is 0 Å². The molecule has 0 aromatic rings. The summed E-state index contributed by atoms with van der Waals surface area (Å²) in [4.78, 5) is 0. The maximum absolute atomic E-state index is 2.82. The molecule has 14 unspecified atom stereocenters. The highest BCUT2D eigenvalue weighted by Crippen LogP contribution is 3.28. The second-order valence-corrected chi connectivity index (χ2v) is 11.1. The molecule has 0 N–H and O–H groups in total. The zero-order valence-electron chi connectivity index (χ0n) is 11.5. The minimum Gasteiger partial charge on any atom is -0.0466 e. The number of fused-ring (bicyclic) bond motifs is 6. The van der Waals surface area contributed by atoms with Crippen LogP contribution in [0.5, 0.6) is 0 Å². The van der Waals surface area contributed by atoms with Crippen molar-refractivity contribution in [1.29, 1.82) is 0 Å². The molecule has 19 heavy (non-hydrogen) atoms. The smallest absolute Gasteiger partial charge is 0.0466 e. The summed E-state index contributed by atoms with van der Waals surface area (Å²) >= 11 is 0. The third kappa shape index (κ3) is 0.259. The first-order valence-electron chi connectivity index (χ1n) is 9.27. The number of rotatable bonds is 0. The molecule has 0 nitrogen and oxygen atoms in total. The highest BCUT2D eigenvalue weighted by atomic mass is 15.3. The summed E-state index contributed by atoms with van der Waals surface area (Å²) in [5, 5.41) is 0.920. The lowest BCUT2D eigenvalue weighted by Crippen LogP contribution is -3.22. The first kappa shape index (κ1) is 7.90. The molecule has 4 spiro atoms. The standard InChI is InChI=1S/C18H19B/c19-17-10-4-6-2-8-12-11-7-1-5-3-9-13(17)16(11,14(5,7)9)18(12,17)15(6,8)10/h5-13H,1-4,19H2. The van der Waals surface area contributed by atoms with Crippen molar-refractivity contribution in [2.24, 2.45) is 74.9 Å². The van der Waals surface area contributed by atoms with Gasteiger partial charge in [-0.25, -0.2) is 0 Å². The minimum atomic E-state index is 0.920. The van der Waals surface area contributed by atoms with E-state index in [9.17, 15) is 0 Å². The van der Waals surface area contributed by atoms with Crippen LogP contribution in [0.15, 0.2) is 0 Å². The van der Waals surface area contributed by atoms with Gasteiger partial charge in [-0.05, 0) is 106 Å². The van der Waals surface area contributed by atoms with Gasteiger partial charge in [-0.3, -0.25) is 0 Å². The normalized spacial score (nSPS) is 107. The molecule has 0 amide bonds. The predicted molar refractivity (Wildman–Crippen MR) is 70.8 cm³/mol. The zero-order valence-corrected chi connectivity index (χ0v) is 11.5. The summed E-state index contributed by atoms with van der Waals surface area (Å²) in [5.41, 5.74) is 4.19. The molecule has 10 fully saturated rings. The van der Waals surface area contributed by atoms with Crippen LogP contribution in [0.1, 0.15) is 25.7 Å². The van der Waals surface area contributed by atoms with Crippen LogP contribution in [0.3, 0.4) is 0 Å². The van der Waals surface area contributed by atoms with Gasteiger partial charge in [0.2, 0.25) is 0 Å². The van der Waals surface area contributed by atoms with Crippen molar-refractivity contribution in [3.63, 3.8) is 0 Å². The first-order chi connectivity index (χ1) is 9.27. The van der Waals surface area contributed by atoms with Crippen molar-refractivity contribution in [2.45, 2.75) is 31.0 Å². The average Bonchev–Trinajstić information content (AvgIpc) is 2.28. The van der Waals surface area contributed by atoms with Gasteiger partial charge in [0.05, 0.1) is 0 Å². The van der Waals surface area contributed by atoms with E-state index in [1.54, 1.807) is 25.7 Å². The fourth-order valence-electron chi connectivity index (χ4n) is 14.8. The Balaban J connectivity index is 1.38. The van der Waals surface area contributed by atoms with Crippen LogP contribution in [0.4, 0.5) is 0 Å². The number of hydrogen-bond acceptors (Lipinski definition) is 0. The molecule has 0 aromatic heterocycles. The van der Waals surface area contributed by atoms with Crippen LogP contribution >= 0.6 is 0 Å². The Bertz CT molecular complexity index is 729. The Labute approximate surface area is 114 Å². The molecule has 10 aliphatic carbocycles. The van der Waals surface area contributed by atoms with E-state index in [0.29, 0.717) is 0 Å². The molecule has 10 saturated carbocycles. The maximum Gasteiger partial charge on any atom is 0.111 e. The fourth-order valence-corrected chi connectivity index (χ4v) is 14.8. The Kier molecular flexibility index (Phi) is 0.587. The van der Waals surface area contributed by atoms with Crippen molar-refractivity contribution >= 4 is 7.85 Å². The summed E-state index contributed by atoms with van der Waals surface area (Å²) in [5.74, 6) is 11.5. The minimum absolute atomic E-state index is 0.920. The summed E-state index contributed by atoms with van der Waals surface area (Å²) in [6.45, 7) is 0. The quantitative estimate of drug-likeness (QED) is 0.573. The van der Waals surface area contributed by atoms with Crippen LogP contribution in [-0.2, 0) is 0 Å². The summed E-state index contributed by atoms with van der Waals surface area (Å²) in [7, 11) is 2.82. The van der Waals surface area contributed by atoms with Gasteiger partial charge in [0.1, 0.15) is 7.85 Å². The second-order valence-electron chi connectivity index (χ2n) is 11.1. The molecule has 1 heteroatoms. The molecule has 0 saturated heterocycles. The van der Waals surface area contributed by atoms with Crippen LogP contribution in [-0.4, -0.2) is 7.85 Å². The third-order valence-corrected chi connectivity index (χ3v) is 13.3. The van der Waals surface area contributed by atoms with Gasteiger partial charge in [0.15, 0.2) is 0 Å². The highest BCUT2D eigenvalue weighted by molar-refractivity contribution is 6.21. The average molecular weight is 246 g/mol. The van der Waals surface area contributed by atoms with Crippen molar-refractivity contribution in [3.8, 4) is 0 Å². The molecular formula is C18H19B. The van der Waals surface area contributed by atoms with Gasteiger partial charge in [-0.15, -0.1) is 0 Å². The van der Waals surface area contributed by atoms with Gasteiger partial charge in [0, 0.05) is 0 Å². The van der Waals surface area contributed by atoms with E-state index >= 15 is 0 Å². The fraction of sp³-hybridized carbons (Fsp3) is 1.00. The van der Waals surface area contributed by atoms with Crippen LogP contribution in [0, 0.1) is 74.9 Å². The molecule has 0 bridgehead atoms. The summed E-state index contributed by atoms with van der Waals surface area (Å²) in [6.07, 6.45) is 6.78. The SMILES string of the molecule is BC12C3CC4CC5C6C7C8CC9CC%10C1C7(C98%10)C62C453. The molecule has 10 rings (SSSR count). The van der Waals surface area contributed by atoms with E-state index in [2.05, 4.69) is 7.85 Å². The van der Waals surface area contributed by atoms with Crippen molar-refractivity contribution in [2.75, 3.05) is 0 Å². The molecule has 0 aromatic carbocycles. The topological polar surface area (TPSA) is 0 Å². The van der Waals surface area contributed by atoms with Crippen LogP contribution in [0.25, 0.3) is 0 Å². The van der Waals surface area contributed by atoms with Gasteiger partial charge >= 0.3 is 0 Å². The Hall–Kier alpha value is 0.0649. The first-order valence-corrected chi connectivity index (χ1v) is 9.27. The van der Waals surface area contributed by atoms with E-state index in [1.165, 1.54) is 53.3 Å². The van der Waals surface area contributed by atoms with Crippen molar-refractivity contribution < 1.29 is 0 Å². The second kappa shape index (κ2) is 1.41. The van der Waals surface area contributed by atoms with E-state index in [1.807, 2.05) is 0 Å². The zero-order chi connectivity index (χ0) is 11.5. The maximum atomic E-state index is 2.82. The van der Waals surface area contributed by atoms with E-state index in [-0.39, 0.29) is 0 Å². The van der Waals surface area contributed by atoms with Crippen molar-refractivity contribution in [3.05, 3.63) is 0 Å². The van der Waals surface area contributed by atoms with E-state index in [4.69, 9.17) is 0 Å². The largest absolute Gasteiger partial charge is 0.111 e. The molecule has 14 atom stereocenters. The Morgan fingerprint density at radius 1 is 0.789 bits per heavy atom. The Morgan fingerprint density at radius 3 is 2.32 bits per heavy atom. The predicted octanol–water partition coefficient (Wildman–Crippen LogP) is 1.97. The third-order valence-electron chi connectivity index (χ3n) is 13.3. The monoisotopic (exact) mass is 246 g/mol. The van der Waals surface area contributed by atoms with Crippen LogP contribution < -0.4 is 0 Å². The summed E-state index contributed by atoms with van der Waals surface area (Å²) < 4.78 is 0. The van der Waals surface area contributed by atoms with Crippen molar-refractivity contribution in [1.82, 2.24) is 0 Å². The van der Waals surface area contributed by atoms with Crippen LogP contribution in [0.2, 0.25) is 5.31 Å². The lowest BCUT2D eigenvalue weighted by molar-refractivity contribution is -0.770. The van der Waals surface area contributed by atoms with Gasteiger partial charge in [0.25, 0.3) is 0 Å². The molecular weight excluding hydrogens is 227 g/mol. The van der Waals surface area contributed by atoms with Gasteiger partial charge < -0.3 is 0 Å². The summed E-state index contributed by atoms with van der Waals surface area (Å²) in [6, 6.07) is 0.